The first-order chi connectivity index (χ1) is 8.09. The molecule has 0 bridgehead atoms. The summed E-state index contributed by atoms with van der Waals surface area (Å²) >= 11 is 9.18. The molecule has 1 aliphatic rings. The van der Waals surface area contributed by atoms with Crippen molar-refractivity contribution in [2.24, 2.45) is 0 Å². The molecule has 1 fully saturated rings. The average Bonchev–Trinajstić information content (AvgIpc) is 2.29. The largest absolute Gasteiger partial charge is 0.388 e. The molecule has 1 saturated heterocycles. The molecule has 17 heavy (non-hydrogen) atoms. The molecule has 1 aromatic heterocycles. The Labute approximate surface area is 113 Å². The van der Waals surface area contributed by atoms with Gasteiger partial charge in [0.25, 0.3) is 0 Å². The molecule has 1 aliphatic heterocycles. The number of nitrogens with one attached hydrogen (secondary N) is 1. The molecule has 0 amide bonds. The Kier molecular flexibility index (Phi) is 4.25. The van der Waals surface area contributed by atoms with Gasteiger partial charge in [0.2, 0.25) is 0 Å². The zero-order valence-electron chi connectivity index (χ0n) is 9.25. The zero-order valence-corrected chi connectivity index (χ0v) is 11.6. The van der Waals surface area contributed by atoms with E-state index in [4.69, 9.17) is 16.3 Å². The van der Waals surface area contributed by atoms with Gasteiger partial charge in [-0.15, -0.1) is 0 Å². The highest BCUT2D eigenvalue weighted by Crippen LogP contribution is 2.25. The van der Waals surface area contributed by atoms with Crippen LogP contribution in [0.4, 0.5) is 5.82 Å². The van der Waals surface area contributed by atoms with Gasteiger partial charge in [-0.3, -0.25) is 0 Å². The summed E-state index contributed by atoms with van der Waals surface area (Å²) in [4.78, 5) is 4.16. The van der Waals surface area contributed by atoms with Crippen molar-refractivity contribution in [3.63, 3.8) is 0 Å². The highest BCUT2D eigenvalue weighted by Gasteiger charge is 2.29. The summed E-state index contributed by atoms with van der Waals surface area (Å²) in [5, 5.41) is 14.0. The van der Waals surface area contributed by atoms with Crippen LogP contribution in [-0.4, -0.2) is 35.5 Å². The van der Waals surface area contributed by atoms with Crippen LogP contribution < -0.4 is 5.32 Å². The minimum absolute atomic E-state index is 0.462. The average molecular weight is 322 g/mol. The highest BCUT2D eigenvalue weighted by molar-refractivity contribution is 9.10. The third kappa shape index (κ3) is 3.55. The number of hydrogen-bond donors (Lipinski definition) is 2. The van der Waals surface area contributed by atoms with E-state index in [0.29, 0.717) is 43.4 Å². The predicted octanol–water partition coefficient (Wildman–Crippen LogP) is 2.45. The number of hydrogen-bond acceptors (Lipinski definition) is 4. The fourth-order valence-electron chi connectivity index (χ4n) is 1.72. The van der Waals surface area contributed by atoms with Gasteiger partial charge < -0.3 is 15.2 Å². The van der Waals surface area contributed by atoms with Crippen molar-refractivity contribution in [3.8, 4) is 0 Å². The van der Waals surface area contributed by atoms with E-state index in [1.165, 1.54) is 0 Å². The zero-order chi connectivity index (χ0) is 12.3. The lowest BCUT2D eigenvalue weighted by atomic mass is 9.94. The summed E-state index contributed by atoms with van der Waals surface area (Å²) in [6.07, 6.45) is 2.86. The van der Waals surface area contributed by atoms with Crippen LogP contribution in [0.3, 0.4) is 0 Å². The number of pyridine rings is 1. The molecule has 0 spiro atoms. The SMILES string of the molecule is OC1(CNc2ncc(Cl)cc2Br)CCOCC1. The van der Waals surface area contributed by atoms with Gasteiger partial charge in [-0.05, 0) is 22.0 Å². The van der Waals surface area contributed by atoms with Crippen LogP contribution in [0.25, 0.3) is 0 Å². The number of aromatic nitrogens is 1. The maximum atomic E-state index is 10.3. The van der Waals surface area contributed by atoms with Crippen molar-refractivity contribution >= 4 is 33.3 Å². The lowest BCUT2D eigenvalue weighted by Crippen LogP contribution is -2.42. The van der Waals surface area contributed by atoms with E-state index in [9.17, 15) is 5.11 Å². The fourth-order valence-corrected chi connectivity index (χ4v) is 2.50. The van der Waals surface area contributed by atoms with E-state index in [1.54, 1.807) is 12.3 Å². The van der Waals surface area contributed by atoms with Gasteiger partial charge >= 0.3 is 0 Å². The smallest absolute Gasteiger partial charge is 0.140 e. The normalized spacial score (nSPS) is 19.0. The maximum absolute atomic E-state index is 10.3. The van der Waals surface area contributed by atoms with Crippen LogP contribution in [0.15, 0.2) is 16.7 Å². The minimum atomic E-state index is -0.709. The third-order valence-corrected chi connectivity index (χ3v) is 3.63. The molecule has 2 N–H and O–H groups in total. The number of aliphatic hydroxyl groups is 1. The third-order valence-electron chi connectivity index (χ3n) is 2.82. The summed E-state index contributed by atoms with van der Waals surface area (Å²) in [5.41, 5.74) is -0.709. The van der Waals surface area contributed by atoms with Gasteiger partial charge in [0.05, 0.1) is 15.1 Å². The molecule has 0 radical (unpaired) electrons. The molecule has 2 rings (SSSR count). The molecule has 1 aromatic rings. The second kappa shape index (κ2) is 5.52. The summed E-state index contributed by atoms with van der Waals surface area (Å²) in [6.45, 7) is 1.67. The fraction of sp³-hybridized carbons (Fsp3) is 0.545. The number of nitrogens with zero attached hydrogens (tertiary/aromatic N) is 1. The molecule has 6 heteroatoms. The van der Waals surface area contributed by atoms with E-state index >= 15 is 0 Å². The number of halogens is 2. The number of anilines is 1. The molecule has 4 nitrogen and oxygen atoms in total. The van der Waals surface area contributed by atoms with Crippen LogP contribution in [-0.2, 0) is 4.74 Å². The first-order valence-electron chi connectivity index (χ1n) is 5.44. The van der Waals surface area contributed by atoms with Crippen LogP contribution in [0.1, 0.15) is 12.8 Å². The summed E-state index contributed by atoms with van der Waals surface area (Å²) in [6, 6.07) is 1.77. The molecule has 0 atom stereocenters. The molecule has 0 saturated carbocycles. The van der Waals surface area contributed by atoms with Crippen molar-refractivity contribution in [1.29, 1.82) is 0 Å². The monoisotopic (exact) mass is 320 g/mol. The van der Waals surface area contributed by atoms with Crippen LogP contribution >= 0.6 is 27.5 Å². The van der Waals surface area contributed by atoms with E-state index in [1.807, 2.05) is 0 Å². The second-order valence-corrected chi connectivity index (χ2v) is 5.47. The van der Waals surface area contributed by atoms with Gasteiger partial charge in [0.1, 0.15) is 5.82 Å². The van der Waals surface area contributed by atoms with Crippen molar-refractivity contribution < 1.29 is 9.84 Å². The van der Waals surface area contributed by atoms with Gasteiger partial charge in [-0.1, -0.05) is 11.6 Å². The highest BCUT2D eigenvalue weighted by atomic mass is 79.9. The topological polar surface area (TPSA) is 54.4 Å². The van der Waals surface area contributed by atoms with Crippen molar-refractivity contribution in [1.82, 2.24) is 4.98 Å². The Morgan fingerprint density at radius 2 is 2.24 bits per heavy atom. The van der Waals surface area contributed by atoms with Crippen molar-refractivity contribution in [3.05, 3.63) is 21.8 Å². The van der Waals surface area contributed by atoms with Crippen molar-refractivity contribution in [2.75, 3.05) is 25.1 Å². The van der Waals surface area contributed by atoms with Crippen LogP contribution in [0, 0.1) is 0 Å². The minimum Gasteiger partial charge on any atom is -0.388 e. The van der Waals surface area contributed by atoms with Crippen LogP contribution in [0.5, 0.6) is 0 Å². The number of ether oxygens (including phenoxy) is 1. The Hall–Kier alpha value is -0.360. The second-order valence-electron chi connectivity index (χ2n) is 4.17. The van der Waals surface area contributed by atoms with E-state index in [-0.39, 0.29) is 0 Å². The molecule has 2 heterocycles. The van der Waals surface area contributed by atoms with Crippen molar-refractivity contribution in [2.45, 2.75) is 18.4 Å². The summed E-state index contributed by atoms with van der Waals surface area (Å²) in [7, 11) is 0. The van der Waals surface area contributed by atoms with Gasteiger partial charge in [0.15, 0.2) is 0 Å². The molecular formula is C11H14BrClN2O2. The maximum Gasteiger partial charge on any atom is 0.140 e. The van der Waals surface area contributed by atoms with Crippen LogP contribution in [0.2, 0.25) is 5.02 Å². The Balaban J connectivity index is 1.97. The van der Waals surface area contributed by atoms with E-state index < -0.39 is 5.60 Å². The first-order valence-corrected chi connectivity index (χ1v) is 6.61. The Morgan fingerprint density at radius 3 is 2.88 bits per heavy atom. The van der Waals surface area contributed by atoms with Gasteiger partial charge in [0, 0.05) is 38.8 Å². The number of rotatable bonds is 3. The van der Waals surface area contributed by atoms with E-state index in [2.05, 4.69) is 26.2 Å². The van der Waals surface area contributed by atoms with Gasteiger partial charge in [-0.2, -0.15) is 0 Å². The van der Waals surface area contributed by atoms with E-state index in [0.717, 1.165) is 4.47 Å². The van der Waals surface area contributed by atoms with Gasteiger partial charge in [-0.25, -0.2) is 4.98 Å². The molecule has 0 unspecified atom stereocenters. The summed E-state index contributed by atoms with van der Waals surface area (Å²) in [5.74, 6) is 0.689. The lowest BCUT2D eigenvalue weighted by molar-refractivity contribution is -0.0543. The quantitative estimate of drug-likeness (QED) is 0.898. The Bertz CT molecular complexity index is 397. The summed E-state index contributed by atoms with van der Waals surface area (Å²) < 4.78 is 6.02. The Morgan fingerprint density at radius 1 is 1.53 bits per heavy atom. The molecule has 0 aliphatic carbocycles. The lowest BCUT2D eigenvalue weighted by Gasteiger charge is -2.32. The molecular weight excluding hydrogens is 307 g/mol. The standard InChI is InChI=1S/C11H14BrClN2O2/c12-9-5-8(13)6-14-10(9)15-7-11(16)1-3-17-4-2-11/h5-6,16H,1-4,7H2,(H,14,15). The first kappa shape index (κ1) is 13.1. The molecule has 94 valence electrons. The predicted molar refractivity (Wildman–Crippen MR) is 70.4 cm³/mol. The molecule has 0 aromatic carbocycles.